The standard InChI is InChI=1S/C13H21N3O2/c14-9-13(4-2-5-13)8-12-15-11(16-18-12)7-10-3-1-6-17-10/h10H,1-9,14H2. The molecule has 0 amide bonds. The van der Waals surface area contributed by atoms with Gasteiger partial charge in [0.1, 0.15) is 0 Å². The predicted octanol–water partition coefficient (Wildman–Crippen LogP) is 1.46. The Hall–Kier alpha value is -0.940. The molecule has 0 spiro atoms. The third-order valence-electron chi connectivity index (χ3n) is 4.32. The van der Waals surface area contributed by atoms with Crippen molar-refractivity contribution in [2.75, 3.05) is 13.2 Å². The second-order valence-corrected chi connectivity index (χ2v) is 5.68. The van der Waals surface area contributed by atoms with Gasteiger partial charge in [-0.15, -0.1) is 0 Å². The molecule has 1 saturated carbocycles. The van der Waals surface area contributed by atoms with Crippen LogP contribution in [-0.4, -0.2) is 29.4 Å². The average molecular weight is 251 g/mol. The summed E-state index contributed by atoms with van der Waals surface area (Å²) in [5.41, 5.74) is 6.08. The molecule has 18 heavy (non-hydrogen) atoms. The number of hydrogen-bond donors (Lipinski definition) is 1. The predicted molar refractivity (Wildman–Crippen MR) is 66.0 cm³/mol. The second-order valence-electron chi connectivity index (χ2n) is 5.68. The lowest BCUT2D eigenvalue weighted by Gasteiger charge is -2.39. The number of aromatic nitrogens is 2. The van der Waals surface area contributed by atoms with Crippen molar-refractivity contribution < 1.29 is 9.26 Å². The Morgan fingerprint density at radius 3 is 2.83 bits per heavy atom. The van der Waals surface area contributed by atoms with Crippen LogP contribution < -0.4 is 5.73 Å². The van der Waals surface area contributed by atoms with Crippen molar-refractivity contribution in [3.05, 3.63) is 11.7 Å². The molecule has 1 saturated heterocycles. The number of ether oxygens (including phenoxy) is 1. The minimum Gasteiger partial charge on any atom is -0.378 e. The zero-order chi connectivity index (χ0) is 12.4. The van der Waals surface area contributed by atoms with Gasteiger partial charge in [0.25, 0.3) is 0 Å². The maximum Gasteiger partial charge on any atom is 0.227 e. The number of hydrogen-bond acceptors (Lipinski definition) is 5. The Labute approximate surface area is 107 Å². The first kappa shape index (κ1) is 12.1. The summed E-state index contributed by atoms with van der Waals surface area (Å²) in [5, 5.41) is 4.05. The molecule has 1 aliphatic heterocycles. The Bertz CT molecular complexity index is 389. The highest BCUT2D eigenvalue weighted by Crippen LogP contribution is 2.42. The first-order valence-electron chi connectivity index (χ1n) is 6.93. The van der Waals surface area contributed by atoms with E-state index in [0.717, 1.165) is 50.6 Å². The van der Waals surface area contributed by atoms with E-state index in [0.29, 0.717) is 0 Å². The first-order valence-corrected chi connectivity index (χ1v) is 6.93. The molecule has 2 aliphatic rings. The van der Waals surface area contributed by atoms with Crippen molar-refractivity contribution in [2.45, 2.75) is 51.0 Å². The Balaban J connectivity index is 1.58. The molecule has 1 aromatic heterocycles. The van der Waals surface area contributed by atoms with E-state index in [2.05, 4.69) is 10.1 Å². The Morgan fingerprint density at radius 1 is 1.33 bits per heavy atom. The molecule has 2 N–H and O–H groups in total. The van der Waals surface area contributed by atoms with Gasteiger partial charge in [-0.25, -0.2) is 0 Å². The zero-order valence-corrected chi connectivity index (χ0v) is 10.7. The van der Waals surface area contributed by atoms with E-state index >= 15 is 0 Å². The third kappa shape index (κ3) is 2.42. The average Bonchev–Trinajstić information content (AvgIpc) is 2.96. The van der Waals surface area contributed by atoms with Crippen molar-refractivity contribution in [3.8, 4) is 0 Å². The maximum absolute atomic E-state index is 5.85. The van der Waals surface area contributed by atoms with Gasteiger partial charge in [-0.2, -0.15) is 4.98 Å². The Kier molecular flexibility index (Phi) is 3.35. The number of nitrogens with zero attached hydrogens (tertiary/aromatic N) is 2. The van der Waals surface area contributed by atoms with Gasteiger partial charge in [-0.3, -0.25) is 0 Å². The molecule has 0 bridgehead atoms. The molecule has 3 rings (SSSR count). The minimum absolute atomic E-state index is 0.230. The van der Waals surface area contributed by atoms with Gasteiger partial charge in [0.05, 0.1) is 6.10 Å². The largest absolute Gasteiger partial charge is 0.378 e. The topological polar surface area (TPSA) is 74.2 Å². The number of rotatable bonds is 5. The summed E-state index contributed by atoms with van der Waals surface area (Å²) in [6.07, 6.45) is 7.79. The lowest BCUT2D eigenvalue weighted by atomic mass is 9.67. The van der Waals surface area contributed by atoms with Crippen LogP contribution in [0.3, 0.4) is 0 Å². The fourth-order valence-corrected chi connectivity index (χ4v) is 2.90. The van der Waals surface area contributed by atoms with E-state index < -0.39 is 0 Å². The SMILES string of the molecule is NCC1(Cc2nc(CC3CCCO3)no2)CCC1. The fraction of sp³-hybridized carbons (Fsp3) is 0.846. The number of nitrogens with two attached hydrogens (primary N) is 1. The summed E-state index contributed by atoms with van der Waals surface area (Å²) >= 11 is 0. The highest BCUT2D eigenvalue weighted by molar-refractivity contribution is 4.98. The van der Waals surface area contributed by atoms with Gasteiger partial charge in [0, 0.05) is 19.4 Å². The maximum atomic E-state index is 5.85. The molecule has 1 aromatic rings. The highest BCUT2D eigenvalue weighted by Gasteiger charge is 2.37. The smallest absolute Gasteiger partial charge is 0.227 e. The van der Waals surface area contributed by atoms with Crippen LogP contribution in [0.15, 0.2) is 4.52 Å². The van der Waals surface area contributed by atoms with E-state index in [-0.39, 0.29) is 11.5 Å². The van der Waals surface area contributed by atoms with E-state index in [9.17, 15) is 0 Å². The molecule has 0 aromatic carbocycles. The lowest BCUT2D eigenvalue weighted by Crippen LogP contribution is -2.39. The van der Waals surface area contributed by atoms with Crippen LogP contribution in [0.2, 0.25) is 0 Å². The summed E-state index contributed by atoms with van der Waals surface area (Å²) in [6.45, 7) is 1.59. The normalized spacial score (nSPS) is 26.2. The molecule has 2 heterocycles. The van der Waals surface area contributed by atoms with Crippen LogP contribution in [0.25, 0.3) is 0 Å². The summed E-state index contributed by atoms with van der Waals surface area (Å²) in [5.74, 6) is 1.52. The van der Waals surface area contributed by atoms with Crippen LogP contribution in [-0.2, 0) is 17.6 Å². The molecular weight excluding hydrogens is 230 g/mol. The zero-order valence-electron chi connectivity index (χ0n) is 10.7. The van der Waals surface area contributed by atoms with Crippen LogP contribution in [0.5, 0.6) is 0 Å². The molecule has 0 radical (unpaired) electrons. The van der Waals surface area contributed by atoms with Gasteiger partial charge in [-0.05, 0) is 37.6 Å². The first-order chi connectivity index (χ1) is 8.80. The highest BCUT2D eigenvalue weighted by atomic mass is 16.5. The van der Waals surface area contributed by atoms with Crippen molar-refractivity contribution >= 4 is 0 Å². The molecule has 5 nitrogen and oxygen atoms in total. The van der Waals surface area contributed by atoms with Gasteiger partial charge >= 0.3 is 0 Å². The van der Waals surface area contributed by atoms with E-state index in [1.54, 1.807) is 0 Å². The molecular formula is C13H21N3O2. The molecule has 1 aliphatic carbocycles. The van der Waals surface area contributed by atoms with Crippen molar-refractivity contribution in [3.63, 3.8) is 0 Å². The fourth-order valence-electron chi connectivity index (χ4n) is 2.90. The second kappa shape index (κ2) is 4.97. The van der Waals surface area contributed by atoms with E-state index in [1.165, 1.54) is 19.3 Å². The molecule has 100 valence electrons. The van der Waals surface area contributed by atoms with Crippen LogP contribution in [0, 0.1) is 5.41 Å². The summed E-state index contributed by atoms with van der Waals surface area (Å²) in [7, 11) is 0. The Morgan fingerprint density at radius 2 is 2.22 bits per heavy atom. The van der Waals surface area contributed by atoms with Gasteiger partial charge in [0.15, 0.2) is 5.82 Å². The minimum atomic E-state index is 0.230. The van der Waals surface area contributed by atoms with Gasteiger partial charge < -0.3 is 15.0 Å². The van der Waals surface area contributed by atoms with Crippen molar-refractivity contribution in [1.82, 2.24) is 10.1 Å². The van der Waals surface area contributed by atoms with Gasteiger partial charge in [-0.1, -0.05) is 11.6 Å². The lowest BCUT2D eigenvalue weighted by molar-refractivity contribution is 0.109. The quantitative estimate of drug-likeness (QED) is 0.857. The van der Waals surface area contributed by atoms with Crippen molar-refractivity contribution in [1.29, 1.82) is 0 Å². The summed E-state index contributed by atoms with van der Waals surface area (Å²) in [6, 6.07) is 0. The third-order valence-corrected chi connectivity index (χ3v) is 4.32. The van der Waals surface area contributed by atoms with E-state index in [1.807, 2.05) is 0 Å². The van der Waals surface area contributed by atoms with Gasteiger partial charge in [0.2, 0.25) is 5.89 Å². The molecule has 1 atom stereocenters. The monoisotopic (exact) mass is 251 g/mol. The summed E-state index contributed by atoms with van der Waals surface area (Å²) < 4.78 is 10.9. The van der Waals surface area contributed by atoms with Crippen LogP contribution in [0.1, 0.15) is 43.8 Å². The summed E-state index contributed by atoms with van der Waals surface area (Å²) in [4.78, 5) is 4.48. The van der Waals surface area contributed by atoms with Crippen molar-refractivity contribution in [2.24, 2.45) is 11.1 Å². The molecule has 5 heteroatoms. The molecule has 2 fully saturated rings. The molecule has 1 unspecified atom stereocenters. The van der Waals surface area contributed by atoms with E-state index in [4.69, 9.17) is 15.0 Å². The van der Waals surface area contributed by atoms with Crippen LogP contribution in [0.4, 0.5) is 0 Å². The van der Waals surface area contributed by atoms with Crippen LogP contribution >= 0.6 is 0 Å².